The second-order valence-corrected chi connectivity index (χ2v) is 7.48. The molecule has 1 aliphatic carbocycles. The number of amides is 2. The third-order valence-electron chi connectivity index (χ3n) is 5.75. The summed E-state index contributed by atoms with van der Waals surface area (Å²) in [6, 6.07) is 12.6. The Morgan fingerprint density at radius 2 is 1.84 bits per heavy atom. The van der Waals surface area contributed by atoms with E-state index in [0.717, 1.165) is 17.2 Å². The van der Waals surface area contributed by atoms with Crippen molar-refractivity contribution in [3.63, 3.8) is 0 Å². The molecule has 0 radical (unpaired) electrons. The average Bonchev–Trinajstić information content (AvgIpc) is 3.29. The average molecular weight is 426 g/mol. The summed E-state index contributed by atoms with van der Waals surface area (Å²) < 4.78 is 0. The monoisotopic (exact) mass is 425 g/mol. The molecule has 31 heavy (non-hydrogen) atoms. The first kappa shape index (κ1) is 24.3. The van der Waals surface area contributed by atoms with E-state index in [1.54, 1.807) is 12.3 Å². The number of likely N-dealkylation sites (tertiary alicyclic amines) is 1. The molecule has 1 aliphatic heterocycles. The van der Waals surface area contributed by atoms with Gasteiger partial charge < -0.3 is 16.8 Å². The first-order chi connectivity index (χ1) is 15.1. The topological polar surface area (TPSA) is 114 Å². The van der Waals surface area contributed by atoms with E-state index in [1.165, 1.54) is 38.6 Å². The molecule has 1 saturated heterocycles. The molecular formula is C24H35N5O2. The lowest BCUT2D eigenvalue weighted by atomic mass is 9.98. The van der Waals surface area contributed by atoms with Crippen LogP contribution in [0.1, 0.15) is 56.4 Å². The van der Waals surface area contributed by atoms with Crippen LogP contribution >= 0.6 is 0 Å². The van der Waals surface area contributed by atoms with Crippen LogP contribution < -0.4 is 16.8 Å². The fourth-order valence-corrected chi connectivity index (χ4v) is 4.15. The number of nitrogen functional groups attached to an aromatic ring is 1. The first-order valence-electron chi connectivity index (χ1n) is 11.1. The minimum absolute atomic E-state index is 0.101. The number of hydrogen-bond acceptors (Lipinski definition) is 5. The van der Waals surface area contributed by atoms with Gasteiger partial charge >= 0.3 is 0 Å². The van der Waals surface area contributed by atoms with Gasteiger partial charge in [0.2, 0.25) is 6.41 Å². The quantitative estimate of drug-likeness (QED) is 0.503. The fraction of sp³-hybridized carbons (Fsp3) is 0.458. The molecule has 1 aromatic heterocycles. The van der Waals surface area contributed by atoms with Gasteiger partial charge in [0.05, 0.1) is 0 Å². The molecule has 1 aromatic carbocycles. The van der Waals surface area contributed by atoms with Gasteiger partial charge in [-0.05, 0) is 31.4 Å². The van der Waals surface area contributed by atoms with E-state index in [0.29, 0.717) is 24.0 Å². The summed E-state index contributed by atoms with van der Waals surface area (Å²) in [5.41, 5.74) is 13.2. The third-order valence-corrected chi connectivity index (χ3v) is 5.75. The van der Waals surface area contributed by atoms with Crippen molar-refractivity contribution >= 4 is 18.0 Å². The van der Waals surface area contributed by atoms with Crippen LogP contribution in [0.15, 0.2) is 42.6 Å². The SMILES string of the molecule is CC.NC=O.Nc1ccccc1-c1ccc(C(=O)NCC2CCN2C2CCCC2)nc1. The van der Waals surface area contributed by atoms with Crippen LogP contribution in [-0.4, -0.2) is 47.4 Å². The minimum atomic E-state index is -0.101. The van der Waals surface area contributed by atoms with Crippen molar-refractivity contribution in [2.45, 2.75) is 58.0 Å². The predicted molar refractivity (Wildman–Crippen MR) is 125 cm³/mol. The lowest BCUT2D eigenvalue weighted by Gasteiger charge is -2.45. The summed E-state index contributed by atoms with van der Waals surface area (Å²) in [7, 11) is 0. The van der Waals surface area contributed by atoms with E-state index in [9.17, 15) is 4.79 Å². The van der Waals surface area contributed by atoms with Gasteiger partial charge in [0.25, 0.3) is 5.91 Å². The molecule has 2 fully saturated rings. The molecule has 4 rings (SSSR count). The number of para-hydroxylation sites is 1. The highest BCUT2D eigenvalue weighted by Gasteiger charge is 2.35. The summed E-state index contributed by atoms with van der Waals surface area (Å²) in [6.07, 6.45) is 8.47. The number of carbonyl (C=O) groups is 2. The maximum absolute atomic E-state index is 12.4. The Morgan fingerprint density at radius 3 is 2.39 bits per heavy atom. The summed E-state index contributed by atoms with van der Waals surface area (Å²) >= 11 is 0. The zero-order chi connectivity index (χ0) is 22.6. The molecule has 2 aliphatic rings. The van der Waals surface area contributed by atoms with Crippen molar-refractivity contribution < 1.29 is 9.59 Å². The Kier molecular flexibility index (Phi) is 9.97. The van der Waals surface area contributed by atoms with Crippen molar-refractivity contribution in [3.8, 4) is 11.1 Å². The predicted octanol–water partition coefficient (Wildman–Crippen LogP) is 3.21. The summed E-state index contributed by atoms with van der Waals surface area (Å²) in [4.78, 5) is 27.9. The normalized spacial score (nSPS) is 17.9. The molecule has 0 bridgehead atoms. The number of pyridine rings is 1. The van der Waals surface area contributed by atoms with Crippen LogP contribution in [0.2, 0.25) is 0 Å². The van der Waals surface area contributed by atoms with Gasteiger partial charge in [0.15, 0.2) is 0 Å². The van der Waals surface area contributed by atoms with E-state index in [-0.39, 0.29) is 12.3 Å². The van der Waals surface area contributed by atoms with E-state index in [4.69, 9.17) is 10.5 Å². The van der Waals surface area contributed by atoms with Crippen LogP contribution in [-0.2, 0) is 4.79 Å². The number of nitrogens with two attached hydrogens (primary N) is 2. The van der Waals surface area contributed by atoms with Gasteiger partial charge in [0, 0.05) is 48.2 Å². The smallest absolute Gasteiger partial charge is 0.269 e. The van der Waals surface area contributed by atoms with Crippen molar-refractivity contribution in [1.82, 2.24) is 15.2 Å². The molecule has 0 spiro atoms. The number of primary amides is 1. The largest absolute Gasteiger partial charge is 0.398 e. The van der Waals surface area contributed by atoms with E-state index in [1.807, 2.05) is 44.2 Å². The second-order valence-electron chi connectivity index (χ2n) is 7.48. The molecule has 2 aromatic rings. The molecule has 7 nitrogen and oxygen atoms in total. The van der Waals surface area contributed by atoms with Gasteiger partial charge in [0.1, 0.15) is 5.69 Å². The zero-order valence-electron chi connectivity index (χ0n) is 18.6. The van der Waals surface area contributed by atoms with Gasteiger partial charge in [-0.15, -0.1) is 0 Å². The maximum Gasteiger partial charge on any atom is 0.269 e. The van der Waals surface area contributed by atoms with Crippen LogP contribution in [0.5, 0.6) is 0 Å². The first-order valence-corrected chi connectivity index (χ1v) is 11.1. The highest BCUT2D eigenvalue weighted by atomic mass is 16.1. The van der Waals surface area contributed by atoms with Gasteiger partial charge in [-0.3, -0.25) is 19.5 Å². The lowest BCUT2D eigenvalue weighted by Crippen LogP contribution is -2.56. The Balaban J connectivity index is 0.000000630. The highest BCUT2D eigenvalue weighted by Crippen LogP contribution is 2.30. The number of carbonyl (C=O) groups excluding carboxylic acids is 2. The zero-order valence-corrected chi connectivity index (χ0v) is 18.6. The Labute approximate surface area is 185 Å². The molecular weight excluding hydrogens is 390 g/mol. The van der Waals surface area contributed by atoms with E-state index in [2.05, 4.69) is 20.9 Å². The molecule has 2 amide bonds. The number of hydrogen-bond donors (Lipinski definition) is 3. The van der Waals surface area contributed by atoms with Crippen LogP contribution in [0.3, 0.4) is 0 Å². The molecule has 7 heteroatoms. The third kappa shape index (κ3) is 6.52. The Morgan fingerprint density at radius 1 is 1.16 bits per heavy atom. The highest BCUT2D eigenvalue weighted by molar-refractivity contribution is 5.92. The molecule has 2 heterocycles. The minimum Gasteiger partial charge on any atom is -0.398 e. The standard InChI is InChI=1S/C21H26N4O.C2H6.CH3NO/c22-19-8-4-3-7-18(19)15-9-10-20(23-13-15)21(26)24-14-17-11-12-25(17)16-5-1-2-6-16;1-2;2-1-3/h3-4,7-10,13,16-17H,1-2,5-6,11-12,14,22H2,(H,24,26);1-2H3;1H,(H2,2,3). The summed E-state index contributed by atoms with van der Waals surface area (Å²) in [5.74, 6) is -0.101. The molecule has 1 saturated carbocycles. The van der Waals surface area contributed by atoms with Gasteiger partial charge in [-0.25, -0.2) is 0 Å². The molecule has 1 unspecified atom stereocenters. The van der Waals surface area contributed by atoms with Crippen molar-refractivity contribution in [2.24, 2.45) is 5.73 Å². The van der Waals surface area contributed by atoms with Gasteiger partial charge in [-0.2, -0.15) is 0 Å². The number of nitrogens with one attached hydrogen (secondary N) is 1. The number of rotatable bonds is 5. The van der Waals surface area contributed by atoms with E-state index >= 15 is 0 Å². The van der Waals surface area contributed by atoms with Crippen LogP contribution in [0.25, 0.3) is 11.1 Å². The summed E-state index contributed by atoms with van der Waals surface area (Å²) in [6.45, 7) is 5.89. The van der Waals surface area contributed by atoms with Crippen molar-refractivity contribution in [2.75, 3.05) is 18.8 Å². The Hall–Kier alpha value is -2.93. The number of benzene rings is 1. The number of anilines is 1. The molecule has 168 valence electrons. The lowest BCUT2D eigenvalue weighted by molar-refractivity contribution is -0.106. The van der Waals surface area contributed by atoms with E-state index < -0.39 is 0 Å². The van der Waals surface area contributed by atoms with Crippen LogP contribution in [0.4, 0.5) is 5.69 Å². The Bertz CT molecular complexity index is 819. The van der Waals surface area contributed by atoms with Crippen molar-refractivity contribution in [1.29, 1.82) is 0 Å². The number of aromatic nitrogens is 1. The summed E-state index contributed by atoms with van der Waals surface area (Å²) in [5, 5.41) is 3.06. The fourth-order valence-electron chi connectivity index (χ4n) is 4.15. The molecule has 1 atom stereocenters. The molecule has 5 N–H and O–H groups in total. The number of nitrogens with zero attached hydrogens (tertiary/aromatic N) is 2. The second kappa shape index (κ2) is 12.7. The maximum atomic E-state index is 12.4. The van der Waals surface area contributed by atoms with Crippen molar-refractivity contribution in [3.05, 3.63) is 48.3 Å². The van der Waals surface area contributed by atoms with Gasteiger partial charge in [-0.1, -0.05) is 51.0 Å². The van der Waals surface area contributed by atoms with Crippen LogP contribution in [0, 0.1) is 0 Å².